The normalized spacial score (nSPS) is 13.8. The van der Waals surface area contributed by atoms with Crippen LogP contribution in [-0.4, -0.2) is 25.8 Å². The number of amides is 3. The van der Waals surface area contributed by atoms with Gasteiger partial charge in [0.05, 0.1) is 11.3 Å². The molecule has 0 fully saturated rings. The van der Waals surface area contributed by atoms with Crippen LogP contribution in [0, 0.1) is 0 Å². The van der Waals surface area contributed by atoms with Crippen molar-refractivity contribution in [3.05, 3.63) is 71.8 Å². The molecule has 0 atom stereocenters. The lowest BCUT2D eigenvalue weighted by Gasteiger charge is -2.18. The van der Waals surface area contributed by atoms with E-state index in [4.69, 9.17) is 9.47 Å². The average molecular weight is 433 g/mol. The molecule has 0 bridgehead atoms. The monoisotopic (exact) mass is 433 g/mol. The van der Waals surface area contributed by atoms with E-state index in [2.05, 4.69) is 10.6 Å². The van der Waals surface area contributed by atoms with E-state index in [1.54, 1.807) is 23.7 Å². The van der Waals surface area contributed by atoms with Crippen molar-refractivity contribution in [2.45, 2.75) is 16.3 Å². The maximum absolute atomic E-state index is 12.9. The van der Waals surface area contributed by atoms with Crippen LogP contribution in [0.1, 0.15) is 15.9 Å². The van der Waals surface area contributed by atoms with Gasteiger partial charge in [-0.1, -0.05) is 30.0 Å². The van der Waals surface area contributed by atoms with E-state index in [1.807, 2.05) is 60.7 Å². The molecular formula is C23H19N3O4S. The Hall–Kier alpha value is -3.65. The zero-order valence-corrected chi connectivity index (χ0v) is 17.5. The van der Waals surface area contributed by atoms with Crippen molar-refractivity contribution in [3.8, 4) is 11.5 Å². The quantitative estimate of drug-likeness (QED) is 0.637. The summed E-state index contributed by atoms with van der Waals surface area (Å²) >= 11 is 1.54. The second-order valence-electron chi connectivity index (χ2n) is 7.14. The molecule has 0 aromatic heterocycles. The van der Waals surface area contributed by atoms with Gasteiger partial charge >= 0.3 is 6.03 Å². The molecule has 2 N–H and O–H groups in total. The highest BCUT2D eigenvalue weighted by Crippen LogP contribution is 2.41. The smallest absolute Gasteiger partial charge is 0.319 e. The number of rotatable bonds is 3. The van der Waals surface area contributed by atoms with Crippen molar-refractivity contribution in [2.75, 3.05) is 24.1 Å². The van der Waals surface area contributed by atoms with Crippen LogP contribution >= 0.6 is 11.8 Å². The van der Waals surface area contributed by atoms with E-state index in [9.17, 15) is 9.59 Å². The SMILES string of the molecule is CN1C(=O)c2ccccc2Sc2ccc(NC(=O)NCc3ccc4c(c3)OCO4)cc21. The molecular weight excluding hydrogens is 414 g/mol. The van der Waals surface area contributed by atoms with Gasteiger partial charge in [0.25, 0.3) is 5.91 Å². The largest absolute Gasteiger partial charge is 0.454 e. The minimum Gasteiger partial charge on any atom is -0.454 e. The number of nitrogens with zero attached hydrogens (tertiary/aromatic N) is 1. The van der Waals surface area contributed by atoms with Crippen LogP contribution in [0.3, 0.4) is 0 Å². The molecule has 3 amide bonds. The van der Waals surface area contributed by atoms with Gasteiger partial charge in [-0.25, -0.2) is 4.79 Å². The molecule has 7 nitrogen and oxygen atoms in total. The van der Waals surface area contributed by atoms with Crippen LogP contribution < -0.4 is 25.0 Å². The minimum atomic E-state index is -0.337. The molecule has 5 rings (SSSR count). The summed E-state index contributed by atoms with van der Waals surface area (Å²) in [4.78, 5) is 28.8. The van der Waals surface area contributed by atoms with Crippen molar-refractivity contribution < 1.29 is 19.1 Å². The summed E-state index contributed by atoms with van der Waals surface area (Å²) in [5, 5.41) is 5.67. The summed E-state index contributed by atoms with van der Waals surface area (Å²) in [6.07, 6.45) is 0. The Morgan fingerprint density at radius 3 is 2.77 bits per heavy atom. The highest BCUT2D eigenvalue weighted by molar-refractivity contribution is 7.99. The maximum atomic E-state index is 12.9. The Balaban J connectivity index is 1.29. The second kappa shape index (κ2) is 7.88. The fourth-order valence-corrected chi connectivity index (χ4v) is 4.58. The number of hydrogen-bond acceptors (Lipinski definition) is 5. The second-order valence-corrected chi connectivity index (χ2v) is 8.22. The van der Waals surface area contributed by atoms with E-state index in [-0.39, 0.29) is 18.7 Å². The summed E-state index contributed by atoms with van der Waals surface area (Å²) < 4.78 is 10.7. The lowest BCUT2D eigenvalue weighted by Crippen LogP contribution is -2.29. The lowest BCUT2D eigenvalue weighted by molar-refractivity contribution is 0.0990. The highest BCUT2D eigenvalue weighted by atomic mass is 32.2. The third-order valence-electron chi connectivity index (χ3n) is 5.11. The van der Waals surface area contributed by atoms with Crippen LogP contribution in [0.15, 0.2) is 70.5 Å². The number of urea groups is 1. The minimum absolute atomic E-state index is 0.0775. The van der Waals surface area contributed by atoms with E-state index in [1.165, 1.54) is 0 Å². The molecule has 0 unspecified atom stereocenters. The molecule has 0 radical (unpaired) electrons. The maximum Gasteiger partial charge on any atom is 0.319 e. The molecule has 2 aliphatic rings. The first kappa shape index (κ1) is 19.3. The topological polar surface area (TPSA) is 79.9 Å². The molecule has 0 spiro atoms. The lowest BCUT2D eigenvalue weighted by atomic mass is 10.2. The zero-order chi connectivity index (χ0) is 21.4. The molecule has 156 valence electrons. The van der Waals surface area contributed by atoms with E-state index in [0.29, 0.717) is 29.3 Å². The van der Waals surface area contributed by atoms with Gasteiger partial charge in [-0.15, -0.1) is 0 Å². The summed E-state index contributed by atoms with van der Waals surface area (Å²) in [6.45, 7) is 0.558. The summed E-state index contributed by atoms with van der Waals surface area (Å²) in [7, 11) is 1.74. The van der Waals surface area contributed by atoms with Crippen molar-refractivity contribution in [1.82, 2.24) is 5.32 Å². The number of carbonyl (C=O) groups is 2. The Morgan fingerprint density at radius 1 is 1.03 bits per heavy atom. The third kappa shape index (κ3) is 3.77. The highest BCUT2D eigenvalue weighted by Gasteiger charge is 2.24. The molecule has 0 saturated carbocycles. The van der Waals surface area contributed by atoms with E-state index >= 15 is 0 Å². The van der Waals surface area contributed by atoms with Gasteiger partial charge in [0, 0.05) is 29.1 Å². The van der Waals surface area contributed by atoms with Gasteiger partial charge in [0.2, 0.25) is 6.79 Å². The Labute approximate surface area is 183 Å². The fraction of sp³-hybridized carbons (Fsp3) is 0.130. The zero-order valence-electron chi connectivity index (χ0n) is 16.7. The molecule has 8 heteroatoms. The fourth-order valence-electron chi connectivity index (χ4n) is 3.49. The molecule has 2 aliphatic heterocycles. The molecule has 3 aromatic rings. The Bertz CT molecular complexity index is 1200. The average Bonchev–Trinajstić information content (AvgIpc) is 3.22. The summed E-state index contributed by atoms with van der Waals surface area (Å²) in [5.41, 5.74) is 2.93. The first-order chi connectivity index (χ1) is 15.1. The van der Waals surface area contributed by atoms with Crippen LogP contribution in [-0.2, 0) is 6.54 Å². The number of ether oxygens (including phenoxy) is 2. The molecule has 3 aromatic carbocycles. The van der Waals surface area contributed by atoms with Gasteiger partial charge in [0.15, 0.2) is 11.5 Å². The first-order valence-corrected chi connectivity index (χ1v) is 10.5. The molecule has 31 heavy (non-hydrogen) atoms. The number of anilines is 2. The van der Waals surface area contributed by atoms with E-state index in [0.717, 1.165) is 21.0 Å². The Morgan fingerprint density at radius 2 is 1.87 bits per heavy atom. The third-order valence-corrected chi connectivity index (χ3v) is 6.25. The van der Waals surface area contributed by atoms with Crippen molar-refractivity contribution in [1.29, 1.82) is 0 Å². The molecule has 0 saturated heterocycles. The predicted molar refractivity (Wildman–Crippen MR) is 118 cm³/mol. The Kier molecular flexibility index (Phi) is 4.91. The van der Waals surface area contributed by atoms with Gasteiger partial charge in [-0.2, -0.15) is 0 Å². The van der Waals surface area contributed by atoms with Crippen LogP contribution in [0.25, 0.3) is 0 Å². The van der Waals surface area contributed by atoms with Crippen molar-refractivity contribution in [2.24, 2.45) is 0 Å². The molecule has 0 aliphatic carbocycles. The molecule has 2 heterocycles. The summed E-state index contributed by atoms with van der Waals surface area (Å²) in [6, 6.07) is 18.3. The standard InChI is InChI=1S/C23H19N3O4S/c1-26-17-11-15(7-9-21(17)31-20-5-3-2-4-16(20)22(26)27)25-23(28)24-12-14-6-8-18-19(10-14)30-13-29-18/h2-11H,12-13H2,1H3,(H2,24,25,28). The van der Waals surface area contributed by atoms with Crippen molar-refractivity contribution >= 4 is 35.1 Å². The van der Waals surface area contributed by atoms with Crippen LogP contribution in [0.5, 0.6) is 11.5 Å². The predicted octanol–water partition coefficient (Wildman–Crippen LogP) is 4.48. The van der Waals surface area contributed by atoms with Gasteiger partial charge in [0.1, 0.15) is 0 Å². The van der Waals surface area contributed by atoms with Crippen LogP contribution in [0.4, 0.5) is 16.2 Å². The number of nitrogens with one attached hydrogen (secondary N) is 2. The number of fused-ring (bicyclic) bond motifs is 3. The van der Waals surface area contributed by atoms with E-state index < -0.39 is 0 Å². The number of hydrogen-bond donors (Lipinski definition) is 2. The van der Waals surface area contributed by atoms with Crippen molar-refractivity contribution in [3.63, 3.8) is 0 Å². The van der Waals surface area contributed by atoms with Crippen LogP contribution in [0.2, 0.25) is 0 Å². The van der Waals surface area contributed by atoms with Gasteiger partial charge in [-0.05, 0) is 48.0 Å². The number of carbonyl (C=O) groups excluding carboxylic acids is 2. The number of benzene rings is 3. The summed E-state index contributed by atoms with van der Waals surface area (Å²) in [5.74, 6) is 1.31. The first-order valence-electron chi connectivity index (χ1n) is 9.71. The van der Waals surface area contributed by atoms with Gasteiger partial charge < -0.3 is 25.0 Å². The van der Waals surface area contributed by atoms with Gasteiger partial charge in [-0.3, -0.25) is 4.79 Å².